The molecule has 2 N–H and O–H groups in total. The second-order valence-corrected chi connectivity index (χ2v) is 5.76. The molecule has 5 heteroatoms. The first-order valence-corrected chi connectivity index (χ1v) is 7.33. The maximum Gasteiger partial charge on any atom is 0.130 e. The summed E-state index contributed by atoms with van der Waals surface area (Å²) >= 11 is 1.51. The van der Waals surface area contributed by atoms with Crippen molar-refractivity contribution in [3.63, 3.8) is 0 Å². The van der Waals surface area contributed by atoms with Gasteiger partial charge in [-0.25, -0.2) is 8.78 Å². The summed E-state index contributed by atoms with van der Waals surface area (Å²) < 4.78 is 26.2. The molecule has 2 unspecified atom stereocenters. The zero-order chi connectivity index (χ0) is 14.5. The predicted octanol–water partition coefficient (Wildman–Crippen LogP) is 3.63. The summed E-state index contributed by atoms with van der Waals surface area (Å²) in [4.78, 5) is 0.923. The summed E-state index contributed by atoms with van der Waals surface area (Å²) in [7, 11) is 0. The Labute approximate surface area is 121 Å². The summed E-state index contributed by atoms with van der Waals surface area (Å²) in [5.41, 5.74) is 0.420. The fraction of sp³-hybridized carbons (Fsp3) is 0.333. The third-order valence-electron chi connectivity index (χ3n) is 3.10. The third-order valence-corrected chi connectivity index (χ3v) is 4.08. The number of aliphatic hydroxyl groups excluding tert-OH is 1. The van der Waals surface area contributed by atoms with Gasteiger partial charge in [-0.2, -0.15) is 0 Å². The smallest absolute Gasteiger partial charge is 0.130 e. The average molecular weight is 297 g/mol. The van der Waals surface area contributed by atoms with E-state index in [-0.39, 0.29) is 6.04 Å². The highest BCUT2D eigenvalue weighted by Crippen LogP contribution is 2.23. The van der Waals surface area contributed by atoms with E-state index < -0.39 is 17.7 Å². The van der Waals surface area contributed by atoms with Crippen LogP contribution in [0.3, 0.4) is 0 Å². The Balaban J connectivity index is 1.84. The lowest BCUT2D eigenvalue weighted by molar-refractivity contribution is 0.157. The van der Waals surface area contributed by atoms with Crippen molar-refractivity contribution in [3.05, 3.63) is 57.8 Å². The van der Waals surface area contributed by atoms with E-state index in [4.69, 9.17) is 0 Å². The van der Waals surface area contributed by atoms with Gasteiger partial charge >= 0.3 is 0 Å². The minimum absolute atomic E-state index is 0.0246. The van der Waals surface area contributed by atoms with Crippen LogP contribution in [0.2, 0.25) is 0 Å². The lowest BCUT2D eigenvalue weighted by Gasteiger charge is -2.17. The van der Waals surface area contributed by atoms with Crippen LogP contribution in [0.5, 0.6) is 0 Å². The van der Waals surface area contributed by atoms with Gasteiger partial charge in [-0.3, -0.25) is 0 Å². The van der Waals surface area contributed by atoms with Gasteiger partial charge in [-0.1, -0.05) is 12.1 Å². The van der Waals surface area contributed by atoms with Crippen LogP contribution in [-0.2, 0) is 6.54 Å². The van der Waals surface area contributed by atoms with E-state index in [0.29, 0.717) is 18.5 Å². The van der Waals surface area contributed by atoms with Gasteiger partial charge in [-0.05, 0) is 30.9 Å². The molecule has 0 aliphatic carbocycles. The summed E-state index contributed by atoms with van der Waals surface area (Å²) in [5.74, 6) is -1.13. The summed E-state index contributed by atoms with van der Waals surface area (Å²) in [6.07, 6.45) is 0.0270. The van der Waals surface area contributed by atoms with Crippen molar-refractivity contribution in [2.75, 3.05) is 0 Å². The van der Waals surface area contributed by atoms with Gasteiger partial charge in [0.15, 0.2) is 0 Å². The Bertz CT molecular complexity index is 545. The van der Waals surface area contributed by atoms with Gasteiger partial charge < -0.3 is 10.4 Å². The van der Waals surface area contributed by atoms with Crippen LogP contribution in [-0.4, -0.2) is 11.1 Å². The van der Waals surface area contributed by atoms with E-state index in [1.54, 1.807) is 0 Å². The quantitative estimate of drug-likeness (QED) is 0.853. The number of thiophene rings is 1. The molecule has 2 rings (SSSR count). The minimum atomic E-state index is -0.576. The highest BCUT2D eigenvalue weighted by Gasteiger charge is 2.13. The molecule has 0 aliphatic heterocycles. The Kier molecular flexibility index (Phi) is 5.23. The zero-order valence-corrected chi connectivity index (χ0v) is 12.0. The van der Waals surface area contributed by atoms with E-state index >= 15 is 0 Å². The number of hydrogen-bond donors (Lipinski definition) is 2. The van der Waals surface area contributed by atoms with Crippen molar-refractivity contribution in [2.24, 2.45) is 0 Å². The van der Waals surface area contributed by atoms with Crippen molar-refractivity contribution in [1.82, 2.24) is 5.32 Å². The Hall–Kier alpha value is -1.30. The second-order valence-electron chi connectivity index (χ2n) is 4.78. The minimum Gasteiger partial charge on any atom is -0.388 e. The monoisotopic (exact) mass is 297 g/mol. The topological polar surface area (TPSA) is 32.3 Å². The first kappa shape index (κ1) is 15.1. The van der Waals surface area contributed by atoms with E-state index in [0.717, 1.165) is 10.9 Å². The van der Waals surface area contributed by atoms with Crippen LogP contribution in [0.4, 0.5) is 8.78 Å². The molecule has 0 fully saturated rings. The molecule has 0 radical (unpaired) electrons. The molecule has 20 heavy (non-hydrogen) atoms. The van der Waals surface area contributed by atoms with Gasteiger partial charge in [0.2, 0.25) is 0 Å². The largest absolute Gasteiger partial charge is 0.388 e. The van der Waals surface area contributed by atoms with Gasteiger partial charge in [0.1, 0.15) is 11.6 Å². The molecule has 0 saturated carbocycles. The molecule has 1 aromatic carbocycles. The predicted molar refractivity (Wildman–Crippen MR) is 76.6 cm³/mol. The average Bonchev–Trinajstić information content (AvgIpc) is 2.91. The maximum atomic E-state index is 13.5. The summed E-state index contributed by atoms with van der Waals surface area (Å²) in [5, 5.41) is 15.1. The van der Waals surface area contributed by atoms with Gasteiger partial charge in [0.25, 0.3) is 0 Å². The molecule has 0 aliphatic rings. The van der Waals surface area contributed by atoms with Crippen molar-refractivity contribution in [3.8, 4) is 0 Å². The number of hydrogen-bond acceptors (Lipinski definition) is 3. The number of benzene rings is 1. The molecule has 2 nitrogen and oxygen atoms in total. The number of aliphatic hydroxyl groups is 1. The molecule has 0 spiro atoms. The van der Waals surface area contributed by atoms with Crippen LogP contribution in [0, 0.1) is 11.6 Å². The van der Waals surface area contributed by atoms with Crippen molar-refractivity contribution >= 4 is 11.3 Å². The molecule has 1 heterocycles. The standard InChI is InChI=1S/C15H17F2NOS/c1-10(7-14(19)15-3-2-6-20-15)18-9-11-4-5-12(16)8-13(11)17/h2-6,8,10,14,18-19H,7,9H2,1H3. The normalized spacial score (nSPS) is 14.2. The Morgan fingerprint density at radius 3 is 2.75 bits per heavy atom. The van der Waals surface area contributed by atoms with Crippen molar-refractivity contribution in [2.45, 2.75) is 32.0 Å². The molecular formula is C15H17F2NOS. The Morgan fingerprint density at radius 1 is 1.30 bits per heavy atom. The first-order valence-electron chi connectivity index (χ1n) is 6.45. The fourth-order valence-electron chi connectivity index (χ4n) is 1.96. The highest BCUT2D eigenvalue weighted by atomic mass is 32.1. The highest BCUT2D eigenvalue weighted by molar-refractivity contribution is 7.10. The van der Waals surface area contributed by atoms with Gasteiger partial charge in [0, 0.05) is 29.1 Å². The summed E-state index contributed by atoms with van der Waals surface area (Å²) in [6, 6.07) is 7.36. The molecule has 0 saturated heterocycles. The number of nitrogens with one attached hydrogen (secondary N) is 1. The fourth-order valence-corrected chi connectivity index (χ4v) is 2.69. The Morgan fingerprint density at radius 2 is 2.10 bits per heavy atom. The van der Waals surface area contributed by atoms with E-state index in [9.17, 15) is 13.9 Å². The lowest BCUT2D eigenvalue weighted by Crippen LogP contribution is -2.27. The van der Waals surface area contributed by atoms with Crippen LogP contribution in [0.25, 0.3) is 0 Å². The van der Waals surface area contributed by atoms with Crippen LogP contribution in [0.1, 0.15) is 29.9 Å². The molecule has 2 atom stereocenters. The SMILES string of the molecule is CC(CC(O)c1cccs1)NCc1ccc(F)cc1F. The third kappa shape index (κ3) is 4.10. The van der Waals surface area contributed by atoms with Gasteiger partial charge in [-0.15, -0.1) is 11.3 Å². The van der Waals surface area contributed by atoms with Crippen LogP contribution in [0.15, 0.2) is 35.7 Å². The van der Waals surface area contributed by atoms with E-state index in [1.165, 1.54) is 23.5 Å². The number of halogens is 2. The van der Waals surface area contributed by atoms with Crippen LogP contribution >= 0.6 is 11.3 Å². The molecule has 108 valence electrons. The van der Waals surface area contributed by atoms with Gasteiger partial charge in [0.05, 0.1) is 6.10 Å². The second kappa shape index (κ2) is 6.92. The van der Waals surface area contributed by atoms with Crippen molar-refractivity contribution < 1.29 is 13.9 Å². The molecule has 2 aromatic rings. The molecule has 0 amide bonds. The zero-order valence-electron chi connectivity index (χ0n) is 11.1. The van der Waals surface area contributed by atoms with E-state index in [1.807, 2.05) is 24.4 Å². The van der Waals surface area contributed by atoms with Crippen LogP contribution < -0.4 is 5.32 Å². The first-order chi connectivity index (χ1) is 9.56. The maximum absolute atomic E-state index is 13.5. The van der Waals surface area contributed by atoms with E-state index in [2.05, 4.69) is 5.32 Å². The molecule has 0 bridgehead atoms. The lowest BCUT2D eigenvalue weighted by atomic mass is 10.1. The molecular weight excluding hydrogens is 280 g/mol. The van der Waals surface area contributed by atoms with Crippen molar-refractivity contribution in [1.29, 1.82) is 0 Å². The summed E-state index contributed by atoms with van der Waals surface area (Å²) in [6.45, 7) is 2.24. The number of rotatable bonds is 6. The molecule has 1 aromatic heterocycles.